The van der Waals surface area contributed by atoms with E-state index in [0.717, 1.165) is 24.5 Å². The van der Waals surface area contributed by atoms with Gasteiger partial charge in [0.2, 0.25) is 0 Å². The Hall–Kier alpha value is -1.22. The van der Waals surface area contributed by atoms with Crippen LogP contribution >= 0.6 is 0 Å². The van der Waals surface area contributed by atoms with Crippen molar-refractivity contribution < 1.29 is 9.47 Å². The lowest BCUT2D eigenvalue weighted by molar-refractivity contribution is 0.185. The number of para-hydroxylation sites is 2. The van der Waals surface area contributed by atoms with Crippen LogP contribution in [0.3, 0.4) is 0 Å². The quantitative estimate of drug-likeness (QED) is 0.770. The van der Waals surface area contributed by atoms with Gasteiger partial charge in [0.25, 0.3) is 0 Å². The van der Waals surface area contributed by atoms with Crippen molar-refractivity contribution >= 4 is 0 Å². The van der Waals surface area contributed by atoms with Gasteiger partial charge in [-0.1, -0.05) is 19.1 Å². The van der Waals surface area contributed by atoms with E-state index in [1.807, 2.05) is 38.2 Å². The third-order valence-corrected chi connectivity index (χ3v) is 2.33. The minimum absolute atomic E-state index is 0.187. The summed E-state index contributed by atoms with van der Waals surface area (Å²) in [5, 5.41) is 3.12. The zero-order valence-electron chi connectivity index (χ0n) is 10.3. The van der Waals surface area contributed by atoms with E-state index in [1.54, 1.807) is 0 Å². The van der Waals surface area contributed by atoms with Gasteiger partial charge in [-0.25, -0.2) is 0 Å². The Balaban J connectivity index is 2.70. The SMILES string of the molecule is CCOc1ccccc1OC(CC)CNC. The summed E-state index contributed by atoms with van der Waals surface area (Å²) in [6.45, 7) is 5.59. The average Bonchev–Trinajstić information content (AvgIpc) is 2.31. The number of ether oxygens (including phenoxy) is 2. The summed E-state index contributed by atoms with van der Waals surface area (Å²) in [6, 6.07) is 7.80. The smallest absolute Gasteiger partial charge is 0.161 e. The molecule has 0 amide bonds. The molecule has 1 rings (SSSR count). The van der Waals surface area contributed by atoms with Crippen molar-refractivity contribution in [1.29, 1.82) is 0 Å². The molecule has 0 spiro atoms. The van der Waals surface area contributed by atoms with Crippen LogP contribution in [0.15, 0.2) is 24.3 Å². The van der Waals surface area contributed by atoms with Gasteiger partial charge in [-0.05, 0) is 32.5 Å². The van der Waals surface area contributed by atoms with Crippen LogP contribution in [0.4, 0.5) is 0 Å². The Morgan fingerprint density at radius 3 is 2.44 bits per heavy atom. The summed E-state index contributed by atoms with van der Waals surface area (Å²) in [4.78, 5) is 0. The largest absolute Gasteiger partial charge is 0.490 e. The van der Waals surface area contributed by atoms with Gasteiger partial charge in [-0.3, -0.25) is 0 Å². The number of benzene rings is 1. The summed E-state index contributed by atoms with van der Waals surface area (Å²) in [5.41, 5.74) is 0. The molecule has 1 N–H and O–H groups in total. The molecule has 0 aliphatic heterocycles. The summed E-state index contributed by atoms with van der Waals surface area (Å²) in [6.07, 6.45) is 1.16. The van der Waals surface area contributed by atoms with Crippen molar-refractivity contribution in [3.05, 3.63) is 24.3 Å². The van der Waals surface area contributed by atoms with Crippen molar-refractivity contribution in [2.45, 2.75) is 26.4 Å². The van der Waals surface area contributed by atoms with Crippen LogP contribution in [0.2, 0.25) is 0 Å². The minimum Gasteiger partial charge on any atom is -0.490 e. The average molecular weight is 223 g/mol. The lowest BCUT2D eigenvalue weighted by Crippen LogP contribution is -2.28. The lowest BCUT2D eigenvalue weighted by atomic mass is 10.2. The van der Waals surface area contributed by atoms with E-state index in [1.165, 1.54) is 0 Å². The van der Waals surface area contributed by atoms with Crippen LogP contribution in [0, 0.1) is 0 Å². The molecular weight excluding hydrogens is 202 g/mol. The Morgan fingerprint density at radius 2 is 1.88 bits per heavy atom. The molecule has 90 valence electrons. The normalized spacial score (nSPS) is 12.2. The fraction of sp³-hybridized carbons (Fsp3) is 0.538. The van der Waals surface area contributed by atoms with Gasteiger partial charge in [0.05, 0.1) is 6.61 Å². The maximum Gasteiger partial charge on any atom is 0.161 e. The molecule has 0 aliphatic carbocycles. The van der Waals surface area contributed by atoms with Gasteiger partial charge in [0.15, 0.2) is 11.5 Å². The van der Waals surface area contributed by atoms with E-state index in [4.69, 9.17) is 9.47 Å². The number of rotatable bonds is 7. The molecule has 0 fully saturated rings. The second-order valence-corrected chi connectivity index (χ2v) is 3.59. The molecule has 1 unspecified atom stereocenters. The molecule has 0 bridgehead atoms. The molecule has 0 saturated carbocycles. The van der Waals surface area contributed by atoms with Crippen molar-refractivity contribution in [2.24, 2.45) is 0 Å². The van der Waals surface area contributed by atoms with Crippen LogP contribution in [0.25, 0.3) is 0 Å². The molecule has 0 aromatic heterocycles. The van der Waals surface area contributed by atoms with E-state index in [-0.39, 0.29) is 6.10 Å². The first-order chi connectivity index (χ1) is 7.81. The second kappa shape index (κ2) is 7.12. The zero-order chi connectivity index (χ0) is 11.8. The molecule has 1 aromatic carbocycles. The summed E-state index contributed by atoms with van der Waals surface area (Å²) < 4.78 is 11.4. The fourth-order valence-electron chi connectivity index (χ4n) is 1.50. The van der Waals surface area contributed by atoms with Gasteiger partial charge in [-0.2, -0.15) is 0 Å². The third kappa shape index (κ3) is 3.74. The topological polar surface area (TPSA) is 30.5 Å². The van der Waals surface area contributed by atoms with Crippen molar-refractivity contribution in [1.82, 2.24) is 5.32 Å². The van der Waals surface area contributed by atoms with E-state index >= 15 is 0 Å². The number of hydrogen-bond acceptors (Lipinski definition) is 3. The van der Waals surface area contributed by atoms with Crippen LogP contribution in [0.5, 0.6) is 11.5 Å². The van der Waals surface area contributed by atoms with Crippen molar-refractivity contribution in [3.8, 4) is 11.5 Å². The zero-order valence-corrected chi connectivity index (χ0v) is 10.3. The Morgan fingerprint density at radius 1 is 1.19 bits per heavy atom. The van der Waals surface area contributed by atoms with Crippen LogP contribution < -0.4 is 14.8 Å². The van der Waals surface area contributed by atoms with E-state index in [0.29, 0.717) is 6.61 Å². The first kappa shape index (κ1) is 12.8. The summed E-state index contributed by atoms with van der Waals surface area (Å²) in [5.74, 6) is 1.64. The molecule has 3 heteroatoms. The maximum atomic E-state index is 5.90. The fourth-order valence-corrected chi connectivity index (χ4v) is 1.50. The highest BCUT2D eigenvalue weighted by Crippen LogP contribution is 2.27. The van der Waals surface area contributed by atoms with Crippen molar-refractivity contribution in [2.75, 3.05) is 20.2 Å². The van der Waals surface area contributed by atoms with Gasteiger partial charge in [0, 0.05) is 6.54 Å². The molecule has 16 heavy (non-hydrogen) atoms. The molecule has 0 saturated heterocycles. The molecule has 1 atom stereocenters. The number of hydrogen-bond donors (Lipinski definition) is 1. The first-order valence-electron chi connectivity index (χ1n) is 5.84. The van der Waals surface area contributed by atoms with E-state index < -0.39 is 0 Å². The highest BCUT2D eigenvalue weighted by Gasteiger charge is 2.10. The van der Waals surface area contributed by atoms with Gasteiger partial charge in [0.1, 0.15) is 6.10 Å². The Kier molecular flexibility index (Phi) is 5.72. The molecule has 0 aliphatic rings. The maximum absolute atomic E-state index is 5.90. The highest BCUT2D eigenvalue weighted by molar-refractivity contribution is 5.39. The highest BCUT2D eigenvalue weighted by atomic mass is 16.5. The monoisotopic (exact) mass is 223 g/mol. The Labute approximate surface area is 97.8 Å². The molecule has 1 aromatic rings. The standard InChI is InChI=1S/C13H21NO2/c1-4-11(10-14-3)16-13-9-7-6-8-12(13)15-5-2/h6-9,11,14H,4-5,10H2,1-3H3. The Bertz CT molecular complexity index is 302. The van der Waals surface area contributed by atoms with E-state index in [9.17, 15) is 0 Å². The molecule has 3 nitrogen and oxygen atoms in total. The predicted octanol–water partition coefficient (Wildman–Crippen LogP) is 2.46. The molecule has 0 radical (unpaired) electrons. The lowest BCUT2D eigenvalue weighted by Gasteiger charge is -2.19. The van der Waals surface area contributed by atoms with Gasteiger partial charge < -0.3 is 14.8 Å². The van der Waals surface area contributed by atoms with Crippen LogP contribution in [-0.2, 0) is 0 Å². The van der Waals surface area contributed by atoms with Crippen LogP contribution in [-0.4, -0.2) is 26.3 Å². The van der Waals surface area contributed by atoms with E-state index in [2.05, 4.69) is 12.2 Å². The molecular formula is C13H21NO2. The first-order valence-corrected chi connectivity index (χ1v) is 5.84. The van der Waals surface area contributed by atoms with Crippen molar-refractivity contribution in [3.63, 3.8) is 0 Å². The van der Waals surface area contributed by atoms with Gasteiger partial charge >= 0.3 is 0 Å². The second-order valence-electron chi connectivity index (χ2n) is 3.59. The summed E-state index contributed by atoms with van der Waals surface area (Å²) in [7, 11) is 1.93. The molecule has 0 heterocycles. The predicted molar refractivity (Wildman–Crippen MR) is 66.2 cm³/mol. The number of likely N-dealkylation sites (N-methyl/N-ethyl adjacent to an activating group) is 1. The third-order valence-electron chi connectivity index (χ3n) is 2.33. The minimum atomic E-state index is 0.187. The van der Waals surface area contributed by atoms with Gasteiger partial charge in [-0.15, -0.1) is 0 Å². The van der Waals surface area contributed by atoms with Crippen LogP contribution in [0.1, 0.15) is 20.3 Å². The number of nitrogens with one attached hydrogen (secondary N) is 1. The summed E-state index contributed by atoms with van der Waals surface area (Å²) >= 11 is 0.